The number of cyclic esters (lactones) is 1. The van der Waals surface area contributed by atoms with Crippen molar-refractivity contribution in [2.75, 3.05) is 0 Å². The number of aromatic nitrogens is 1. The maximum Gasteiger partial charge on any atom is 0.313 e. The van der Waals surface area contributed by atoms with Crippen molar-refractivity contribution in [3.63, 3.8) is 0 Å². The van der Waals surface area contributed by atoms with E-state index in [1.54, 1.807) is 12.3 Å². The Kier molecular flexibility index (Phi) is 5.01. The SMILES string of the molecule is CC1[C@@H](C)C[C@]23CC(O)C[C@]2([C@@H](C)OC3=O)[C@H]1/C=C/c1ccc(-c2cccc(F)c2)cn1. The molecule has 2 aromatic rings. The number of carbonyl (C=O) groups excluding carboxylic acids is 1. The van der Waals surface area contributed by atoms with Gasteiger partial charge in [-0.15, -0.1) is 0 Å². The van der Waals surface area contributed by atoms with Crippen molar-refractivity contribution in [1.82, 2.24) is 4.98 Å². The van der Waals surface area contributed by atoms with Crippen LogP contribution in [0.5, 0.6) is 0 Å². The third-order valence-electron chi connectivity index (χ3n) is 8.60. The fourth-order valence-corrected chi connectivity index (χ4v) is 6.99. The van der Waals surface area contributed by atoms with Gasteiger partial charge in [-0.05, 0) is 73.8 Å². The van der Waals surface area contributed by atoms with Gasteiger partial charge in [0.25, 0.3) is 0 Å². The van der Waals surface area contributed by atoms with Crippen LogP contribution in [0.25, 0.3) is 17.2 Å². The van der Waals surface area contributed by atoms with Crippen LogP contribution in [0.1, 0.15) is 45.7 Å². The number of esters is 1. The average Bonchev–Trinajstić information content (AvgIpc) is 3.17. The number of benzene rings is 1. The second-order valence-electron chi connectivity index (χ2n) is 10.1. The number of hydrogen-bond acceptors (Lipinski definition) is 4. The standard InChI is InChI=1S/C27H30FNO3/c1-16-12-26-13-23(30)14-27(26,18(3)32-25(26)31)24(17(16)2)10-9-22-8-7-20(15-29-22)19-5-4-6-21(28)11-19/h4-11,15-18,23-24,30H,12-14H2,1-3H3/b10-9+/t16-,17?,18+,23?,24-,26+,27-/m0/s1. The Bertz CT molecular complexity index is 1070. The van der Waals surface area contributed by atoms with E-state index in [0.717, 1.165) is 23.2 Å². The normalized spacial score (nSPS) is 38.5. The summed E-state index contributed by atoms with van der Waals surface area (Å²) in [6.07, 6.45) is 7.15. The van der Waals surface area contributed by atoms with E-state index in [9.17, 15) is 14.3 Å². The number of aliphatic hydroxyl groups excluding tert-OH is 1. The second-order valence-corrected chi connectivity index (χ2v) is 10.1. The van der Waals surface area contributed by atoms with Crippen molar-refractivity contribution < 1.29 is 19.0 Å². The lowest BCUT2D eigenvalue weighted by Crippen LogP contribution is -2.54. The van der Waals surface area contributed by atoms with Crippen LogP contribution in [-0.2, 0) is 9.53 Å². The fourth-order valence-electron chi connectivity index (χ4n) is 6.99. The highest BCUT2D eigenvalue weighted by atomic mass is 19.1. The van der Waals surface area contributed by atoms with Gasteiger partial charge in [0.05, 0.1) is 17.2 Å². The number of aliphatic hydroxyl groups is 1. The monoisotopic (exact) mass is 435 g/mol. The van der Waals surface area contributed by atoms with E-state index in [0.29, 0.717) is 24.7 Å². The van der Waals surface area contributed by atoms with Crippen molar-refractivity contribution >= 4 is 12.0 Å². The number of halogens is 1. The van der Waals surface area contributed by atoms with E-state index in [2.05, 4.69) is 24.9 Å². The highest BCUT2D eigenvalue weighted by Crippen LogP contribution is 2.71. The van der Waals surface area contributed by atoms with Crippen LogP contribution in [0.2, 0.25) is 0 Å². The maximum atomic E-state index is 13.5. The Morgan fingerprint density at radius 2 is 1.94 bits per heavy atom. The summed E-state index contributed by atoms with van der Waals surface area (Å²) >= 11 is 0. The molecule has 1 N–H and O–H groups in total. The molecule has 1 saturated heterocycles. The van der Waals surface area contributed by atoms with Crippen molar-refractivity contribution in [2.45, 2.75) is 52.2 Å². The van der Waals surface area contributed by atoms with Gasteiger partial charge in [-0.1, -0.05) is 38.1 Å². The predicted molar refractivity (Wildman–Crippen MR) is 121 cm³/mol. The van der Waals surface area contributed by atoms with Crippen LogP contribution in [-0.4, -0.2) is 28.3 Å². The predicted octanol–water partition coefficient (Wildman–Crippen LogP) is 5.27. The molecule has 2 unspecified atom stereocenters. The minimum absolute atomic E-state index is 0.106. The fraction of sp³-hybridized carbons (Fsp3) is 0.481. The van der Waals surface area contributed by atoms with E-state index < -0.39 is 11.5 Å². The van der Waals surface area contributed by atoms with Crippen molar-refractivity contribution in [3.8, 4) is 11.1 Å². The number of rotatable bonds is 3. The van der Waals surface area contributed by atoms with E-state index >= 15 is 0 Å². The summed E-state index contributed by atoms with van der Waals surface area (Å²) in [6, 6.07) is 10.4. The molecule has 1 aromatic carbocycles. The van der Waals surface area contributed by atoms with Gasteiger partial charge < -0.3 is 9.84 Å². The number of pyridine rings is 1. The van der Waals surface area contributed by atoms with E-state index in [1.165, 1.54) is 12.1 Å². The number of carbonyl (C=O) groups is 1. The quantitative estimate of drug-likeness (QED) is 0.668. The van der Waals surface area contributed by atoms with Crippen molar-refractivity contribution in [1.29, 1.82) is 0 Å². The van der Waals surface area contributed by atoms with E-state index in [1.807, 2.05) is 31.2 Å². The third-order valence-corrected chi connectivity index (χ3v) is 8.60. The van der Waals surface area contributed by atoms with Crippen LogP contribution in [0.4, 0.5) is 4.39 Å². The number of allylic oxidation sites excluding steroid dienone is 1. The molecule has 1 aliphatic heterocycles. The zero-order chi connectivity index (χ0) is 22.7. The molecule has 0 radical (unpaired) electrons. The largest absolute Gasteiger partial charge is 0.462 e. The minimum atomic E-state index is -0.596. The Labute approximate surface area is 188 Å². The lowest BCUT2D eigenvalue weighted by atomic mass is 9.47. The lowest BCUT2D eigenvalue weighted by molar-refractivity contribution is -0.151. The summed E-state index contributed by atoms with van der Waals surface area (Å²) in [4.78, 5) is 17.6. The zero-order valence-corrected chi connectivity index (χ0v) is 18.8. The molecule has 0 amide bonds. The van der Waals surface area contributed by atoms with Gasteiger partial charge in [0.2, 0.25) is 0 Å². The molecule has 2 aliphatic carbocycles. The van der Waals surface area contributed by atoms with Crippen LogP contribution in [0.3, 0.4) is 0 Å². The zero-order valence-electron chi connectivity index (χ0n) is 18.8. The highest BCUT2D eigenvalue weighted by Gasteiger charge is 2.75. The Morgan fingerprint density at radius 1 is 1.12 bits per heavy atom. The Morgan fingerprint density at radius 3 is 2.66 bits per heavy atom. The van der Waals surface area contributed by atoms with Crippen molar-refractivity contribution in [3.05, 3.63) is 60.2 Å². The highest BCUT2D eigenvalue weighted by molar-refractivity contribution is 5.82. The molecule has 32 heavy (non-hydrogen) atoms. The summed E-state index contributed by atoms with van der Waals surface area (Å²) in [5.74, 6) is 0.416. The molecular weight excluding hydrogens is 405 g/mol. The molecule has 7 atom stereocenters. The van der Waals surface area contributed by atoms with Crippen LogP contribution >= 0.6 is 0 Å². The third kappa shape index (κ3) is 2.97. The van der Waals surface area contributed by atoms with Gasteiger partial charge in [-0.25, -0.2) is 4.39 Å². The van der Waals surface area contributed by atoms with Crippen LogP contribution in [0.15, 0.2) is 48.7 Å². The summed E-state index contributed by atoms with van der Waals surface area (Å²) in [7, 11) is 0. The Hall–Kier alpha value is -2.53. The van der Waals surface area contributed by atoms with E-state index in [4.69, 9.17) is 4.74 Å². The molecule has 2 heterocycles. The van der Waals surface area contributed by atoms with Gasteiger partial charge in [0.1, 0.15) is 11.9 Å². The van der Waals surface area contributed by atoms with E-state index in [-0.39, 0.29) is 29.2 Å². The second kappa shape index (κ2) is 7.51. The van der Waals surface area contributed by atoms with Gasteiger partial charge in [0, 0.05) is 17.2 Å². The molecule has 5 heteroatoms. The molecule has 4 nitrogen and oxygen atoms in total. The first-order chi connectivity index (χ1) is 15.3. The van der Waals surface area contributed by atoms with Gasteiger partial charge in [-0.2, -0.15) is 0 Å². The van der Waals surface area contributed by atoms with Crippen LogP contribution in [0, 0.1) is 34.4 Å². The van der Waals surface area contributed by atoms with Gasteiger partial charge in [0.15, 0.2) is 0 Å². The topological polar surface area (TPSA) is 59.4 Å². The van der Waals surface area contributed by atoms with Crippen molar-refractivity contribution in [2.24, 2.45) is 28.6 Å². The minimum Gasteiger partial charge on any atom is -0.462 e. The Balaban J connectivity index is 1.48. The summed E-state index contributed by atoms with van der Waals surface area (Å²) in [6.45, 7) is 6.45. The molecule has 5 rings (SSSR count). The lowest BCUT2D eigenvalue weighted by Gasteiger charge is -2.52. The van der Waals surface area contributed by atoms with Gasteiger partial charge >= 0.3 is 5.97 Å². The van der Waals surface area contributed by atoms with Crippen LogP contribution < -0.4 is 0 Å². The molecule has 3 fully saturated rings. The summed E-state index contributed by atoms with van der Waals surface area (Å²) in [5, 5.41) is 10.7. The summed E-state index contributed by atoms with van der Waals surface area (Å²) < 4.78 is 19.4. The van der Waals surface area contributed by atoms with Gasteiger partial charge in [-0.3, -0.25) is 9.78 Å². The maximum absolute atomic E-state index is 13.5. The smallest absolute Gasteiger partial charge is 0.313 e. The number of nitrogens with zero attached hydrogens (tertiary/aromatic N) is 1. The molecule has 168 valence electrons. The molecule has 3 aliphatic rings. The summed E-state index contributed by atoms with van der Waals surface area (Å²) in [5.41, 5.74) is 1.49. The first kappa shape index (κ1) is 21.3. The molecule has 0 bridgehead atoms. The number of hydrogen-bond donors (Lipinski definition) is 1. The number of ether oxygens (including phenoxy) is 1. The first-order valence-corrected chi connectivity index (χ1v) is 11.6. The molecule has 2 saturated carbocycles. The molecular formula is C27H30FNO3. The molecule has 0 spiro atoms. The molecule has 1 aromatic heterocycles. The average molecular weight is 436 g/mol. The first-order valence-electron chi connectivity index (χ1n) is 11.6.